The number of rotatable bonds is 5. The second-order valence-corrected chi connectivity index (χ2v) is 7.42. The van der Waals surface area contributed by atoms with E-state index in [-0.39, 0.29) is 22.7 Å². The molecule has 1 fully saturated rings. The summed E-state index contributed by atoms with van der Waals surface area (Å²) in [5, 5.41) is 0.115. The number of amides is 1. The van der Waals surface area contributed by atoms with Crippen LogP contribution in [0, 0.1) is 0 Å². The molecule has 4 nitrogen and oxygen atoms in total. The molecule has 6 heteroatoms. The SMILES string of the molecule is CCN(CC)C(=O)CSC1CCS(=O)(=O)C1. The van der Waals surface area contributed by atoms with Crippen LogP contribution in [0.25, 0.3) is 0 Å². The van der Waals surface area contributed by atoms with Crippen LogP contribution in [0.15, 0.2) is 0 Å². The summed E-state index contributed by atoms with van der Waals surface area (Å²) >= 11 is 1.48. The van der Waals surface area contributed by atoms with E-state index >= 15 is 0 Å². The highest BCUT2D eigenvalue weighted by Crippen LogP contribution is 2.24. The summed E-state index contributed by atoms with van der Waals surface area (Å²) in [4.78, 5) is 13.5. The second kappa shape index (κ2) is 5.91. The molecule has 0 aromatic carbocycles. The third kappa shape index (κ3) is 3.97. The Kier molecular flexibility index (Phi) is 5.11. The molecular formula is C10H19NO3S2. The maximum atomic E-state index is 11.7. The van der Waals surface area contributed by atoms with Gasteiger partial charge >= 0.3 is 0 Å². The Morgan fingerprint density at radius 1 is 1.38 bits per heavy atom. The van der Waals surface area contributed by atoms with E-state index in [4.69, 9.17) is 0 Å². The zero-order chi connectivity index (χ0) is 12.2. The Morgan fingerprint density at radius 2 is 2.00 bits per heavy atom. The molecule has 0 aromatic rings. The quantitative estimate of drug-likeness (QED) is 0.737. The molecule has 0 aromatic heterocycles. The van der Waals surface area contributed by atoms with Crippen LogP contribution in [0.1, 0.15) is 20.3 Å². The van der Waals surface area contributed by atoms with Crippen molar-refractivity contribution in [2.75, 3.05) is 30.3 Å². The zero-order valence-corrected chi connectivity index (χ0v) is 11.4. The lowest BCUT2D eigenvalue weighted by molar-refractivity contribution is -0.127. The molecule has 94 valence electrons. The van der Waals surface area contributed by atoms with Gasteiger partial charge in [0.25, 0.3) is 0 Å². The van der Waals surface area contributed by atoms with Gasteiger partial charge in [0.05, 0.1) is 17.3 Å². The maximum Gasteiger partial charge on any atom is 0.232 e. The van der Waals surface area contributed by atoms with Crippen LogP contribution in [-0.2, 0) is 14.6 Å². The molecule has 1 saturated heterocycles. The van der Waals surface area contributed by atoms with E-state index in [9.17, 15) is 13.2 Å². The summed E-state index contributed by atoms with van der Waals surface area (Å²) in [5.74, 6) is 1.04. The monoisotopic (exact) mass is 265 g/mol. The fourth-order valence-corrected chi connectivity index (χ4v) is 5.29. The van der Waals surface area contributed by atoms with Crippen molar-refractivity contribution in [2.24, 2.45) is 0 Å². The highest BCUT2D eigenvalue weighted by molar-refractivity contribution is 8.02. The lowest BCUT2D eigenvalue weighted by atomic mass is 10.4. The average Bonchev–Trinajstić information content (AvgIpc) is 2.57. The Labute approximate surface area is 102 Å². The zero-order valence-electron chi connectivity index (χ0n) is 9.81. The first-order chi connectivity index (χ1) is 7.48. The topological polar surface area (TPSA) is 54.5 Å². The molecular weight excluding hydrogens is 246 g/mol. The molecule has 1 rings (SSSR count). The van der Waals surface area contributed by atoms with E-state index in [1.807, 2.05) is 13.8 Å². The highest BCUT2D eigenvalue weighted by Gasteiger charge is 2.28. The van der Waals surface area contributed by atoms with Crippen LogP contribution in [0.4, 0.5) is 0 Å². The molecule has 0 N–H and O–H groups in total. The predicted molar refractivity (Wildman–Crippen MR) is 67.4 cm³/mol. The molecule has 0 aliphatic carbocycles. The van der Waals surface area contributed by atoms with Gasteiger partial charge in [-0.2, -0.15) is 0 Å². The Morgan fingerprint density at radius 3 is 2.44 bits per heavy atom. The van der Waals surface area contributed by atoms with Crippen LogP contribution in [0.2, 0.25) is 0 Å². The minimum atomic E-state index is -2.82. The van der Waals surface area contributed by atoms with Gasteiger partial charge in [-0.15, -0.1) is 11.8 Å². The Balaban J connectivity index is 2.33. The smallest absolute Gasteiger partial charge is 0.232 e. The Bertz CT molecular complexity index is 336. The van der Waals surface area contributed by atoms with Gasteiger partial charge in [0.2, 0.25) is 5.91 Å². The summed E-state index contributed by atoms with van der Waals surface area (Å²) < 4.78 is 22.4. The summed E-state index contributed by atoms with van der Waals surface area (Å²) in [7, 11) is -2.82. The van der Waals surface area contributed by atoms with Gasteiger partial charge in [0.1, 0.15) is 0 Å². The predicted octanol–water partition coefficient (Wildman–Crippen LogP) is 0.775. The van der Waals surface area contributed by atoms with E-state index < -0.39 is 9.84 Å². The molecule has 16 heavy (non-hydrogen) atoms. The van der Waals surface area contributed by atoms with Crippen molar-refractivity contribution in [1.29, 1.82) is 0 Å². The molecule has 0 bridgehead atoms. The summed E-state index contributed by atoms with van der Waals surface area (Å²) in [6, 6.07) is 0. The summed E-state index contributed by atoms with van der Waals surface area (Å²) in [6.07, 6.45) is 0.693. The van der Waals surface area contributed by atoms with E-state index in [0.29, 0.717) is 12.2 Å². The van der Waals surface area contributed by atoms with Crippen LogP contribution in [-0.4, -0.2) is 54.8 Å². The first kappa shape index (κ1) is 13.8. The van der Waals surface area contributed by atoms with Crippen molar-refractivity contribution in [3.63, 3.8) is 0 Å². The third-order valence-corrected chi connectivity index (χ3v) is 6.02. The van der Waals surface area contributed by atoms with Gasteiger partial charge in [0.15, 0.2) is 9.84 Å². The number of thioether (sulfide) groups is 1. The molecule has 1 atom stereocenters. The number of carbonyl (C=O) groups is 1. The third-order valence-electron chi connectivity index (χ3n) is 2.75. The Hall–Kier alpha value is -0.230. The molecule has 0 saturated carbocycles. The summed E-state index contributed by atoms with van der Waals surface area (Å²) in [6.45, 7) is 5.34. The van der Waals surface area contributed by atoms with Crippen LogP contribution in [0.5, 0.6) is 0 Å². The number of hydrogen-bond donors (Lipinski definition) is 0. The highest BCUT2D eigenvalue weighted by atomic mass is 32.2. The molecule has 0 spiro atoms. The fourth-order valence-electron chi connectivity index (χ4n) is 1.75. The van der Waals surface area contributed by atoms with Gasteiger partial charge in [-0.3, -0.25) is 4.79 Å². The second-order valence-electron chi connectivity index (χ2n) is 3.90. The first-order valence-corrected chi connectivity index (χ1v) is 8.45. The molecule has 1 aliphatic heterocycles. The standard InChI is InChI=1S/C10H19NO3S2/c1-3-11(4-2)10(12)7-15-9-5-6-16(13,14)8-9/h9H,3-8H2,1-2H3. The van der Waals surface area contributed by atoms with E-state index in [1.165, 1.54) is 11.8 Å². The van der Waals surface area contributed by atoms with E-state index in [0.717, 1.165) is 13.1 Å². The normalized spacial score (nSPS) is 23.2. The van der Waals surface area contributed by atoms with Crippen molar-refractivity contribution in [3.05, 3.63) is 0 Å². The van der Waals surface area contributed by atoms with Crippen molar-refractivity contribution < 1.29 is 13.2 Å². The van der Waals surface area contributed by atoms with Gasteiger partial charge in [-0.1, -0.05) is 0 Å². The minimum Gasteiger partial charge on any atom is -0.343 e. The van der Waals surface area contributed by atoms with E-state index in [2.05, 4.69) is 0 Å². The molecule has 0 radical (unpaired) electrons. The van der Waals surface area contributed by atoms with Gasteiger partial charge in [0, 0.05) is 18.3 Å². The molecule has 1 heterocycles. The largest absolute Gasteiger partial charge is 0.343 e. The lowest BCUT2D eigenvalue weighted by Crippen LogP contribution is -2.32. The first-order valence-electron chi connectivity index (χ1n) is 5.58. The van der Waals surface area contributed by atoms with Gasteiger partial charge in [-0.05, 0) is 20.3 Å². The molecule has 1 aliphatic rings. The minimum absolute atomic E-state index is 0.110. The van der Waals surface area contributed by atoms with Crippen molar-refractivity contribution in [1.82, 2.24) is 4.90 Å². The van der Waals surface area contributed by atoms with Crippen LogP contribution < -0.4 is 0 Å². The van der Waals surface area contributed by atoms with Crippen molar-refractivity contribution in [2.45, 2.75) is 25.5 Å². The summed E-state index contributed by atoms with van der Waals surface area (Å²) in [5.41, 5.74) is 0. The van der Waals surface area contributed by atoms with Crippen LogP contribution in [0.3, 0.4) is 0 Å². The molecule has 1 amide bonds. The maximum absolute atomic E-state index is 11.7. The van der Waals surface area contributed by atoms with E-state index in [1.54, 1.807) is 4.90 Å². The number of hydrogen-bond acceptors (Lipinski definition) is 4. The molecule has 1 unspecified atom stereocenters. The number of carbonyl (C=O) groups excluding carboxylic acids is 1. The average molecular weight is 265 g/mol. The lowest BCUT2D eigenvalue weighted by Gasteiger charge is -2.19. The number of sulfone groups is 1. The fraction of sp³-hybridized carbons (Fsp3) is 0.900. The van der Waals surface area contributed by atoms with Gasteiger partial charge < -0.3 is 4.90 Å². The van der Waals surface area contributed by atoms with Crippen molar-refractivity contribution >= 4 is 27.5 Å². The van der Waals surface area contributed by atoms with Crippen LogP contribution >= 0.6 is 11.8 Å². The number of nitrogens with zero attached hydrogens (tertiary/aromatic N) is 1. The van der Waals surface area contributed by atoms with Gasteiger partial charge in [-0.25, -0.2) is 8.42 Å². The van der Waals surface area contributed by atoms with Crippen molar-refractivity contribution in [3.8, 4) is 0 Å².